The minimum absolute atomic E-state index is 0.274. The van der Waals surface area contributed by atoms with Crippen LogP contribution in [0.5, 0.6) is 11.5 Å². The van der Waals surface area contributed by atoms with Gasteiger partial charge in [0.1, 0.15) is 18.1 Å². The van der Waals surface area contributed by atoms with Gasteiger partial charge in [0, 0.05) is 6.61 Å². The van der Waals surface area contributed by atoms with Crippen LogP contribution in [0.15, 0.2) is 72.8 Å². The van der Waals surface area contributed by atoms with Gasteiger partial charge in [-0.05, 0) is 72.4 Å². The minimum atomic E-state index is -0.274. The third-order valence-electron chi connectivity index (χ3n) is 7.69. The number of ether oxygens (including phenoxy) is 3. The molecule has 0 amide bonds. The van der Waals surface area contributed by atoms with E-state index in [4.69, 9.17) is 19.3 Å². The van der Waals surface area contributed by atoms with Gasteiger partial charge in [-0.3, -0.25) is 0 Å². The molecular formula is C38H52O5. The van der Waals surface area contributed by atoms with E-state index in [9.17, 15) is 4.79 Å². The maximum atomic E-state index is 12.4. The zero-order chi connectivity index (χ0) is 30.4. The minimum Gasteiger partial charge on any atom is -0.494 e. The predicted molar refractivity (Wildman–Crippen MR) is 176 cm³/mol. The summed E-state index contributed by atoms with van der Waals surface area (Å²) >= 11 is 0. The van der Waals surface area contributed by atoms with E-state index in [0.29, 0.717) is 25.4 Å². The molecule has 0 bridgehead atoms. The van der Waals surface area contributed by atoms with Gasteiger partial charge < -0.3 is 19.3 Å². The summed E-state index contributed by atoms with van der Waals surface area (Å²) in [5.74, 6) is 1.45. The molecule has 0 saturated heterocycles. The number of benzene rings is 3. The molecule has 0 fully saturated rings. The van der Waals surface area contributed by atoms with Crippen LogP contribution in [0.2, 0.25) is 0 Å². The van der Waals surface area contributed by atoms with Crippen LogP contribution in [0.3, 0.4) is 0 Å². The Morgan fingerprint density at radius 3 is 1.60 bits per heavy atom. The second-order valence-electron chi connectivity index (χ2n) is 11.3. The lowest BCUT2D eigenvalue weighted by atomic mass is 10.1. The highest BCUT2D eigenvalue weighted by Crippen LogP contribution is 2.25. The topological polar surface area (TPSA) is 65.0 Å². The Balaban J connectivity index is 1.31. The van der Waals surface area contributed by atoms with E-state index in [2.05, 4.69) is 31.2 Å². The van der Waals surface area contributed by atoms with Crippen LogP contribution in [-0.2, 0) is 11.3 Å². The predicted octanol–water partition coefficient (Wildman–Crippen LogP) is 9.94. The van der Waals surface area contributed by atoms with E-state index >= 15 is 0 Å². The molecule has 0 atom stereocenters. The summed E-state index contributed by atoms with van der Waals surface area (Å²) in [6.07, 6.45) is 16.3. The van der Waals surface area contributed by atoms with Crippen LogP contribution in [-0.4, -0.2) is 30.9 Å². The van der Waals surface area contributed by atoms with Crippen molar-refractivity contribution < 1.29 is 24.1 Å². The normalized spacial score (nSPS) is 10.9. The van der Waals surface area contributed by atoms with Gasteiger partial charge in [0.2, 0.25) is 0 Å². The lowest BCUT2D eigenvalue weighted by Crippen LogP contribution is -2.06. The summed E-state index contributed by atoms with van der Waals surface area (Å²) < 4.78 is 17.3. The molecule has 0 unspecified atom stereocenters. The lowest BCUT2D eigenvalue weighted by molar-refractivity contribution is 0.0497. The number of rotatable bonds is 23. The molecule has 0 aromatic heterocycles. The van der Waals surface area contributed by atoms with Crippen LogP contribution in [0, 0.1) is 0 Å². The van der Waals surface area contributed by atoms with Gasteiger partial charge in [-0.2, -0.15) is 0 Å². The van der Waals surface area contributed by atoms with E-state index in [1.807, 2.05) is 36.4 Å². The van der Waals surface area contributed by atoms with Crippen molar-refractivity contribution in [1.29, 1.82) is 0 Å². The molecule has 3 aromatic carbocycles. The molecule has 0 radical (unpaired) electrons. The maximum Gasteiger partial charge on any atom is 0.338 e. The fourth-order valence-corrected chi connectivity index (χ4v) is 4.99. The molecular weight excluding hydrogens is 536 g/mol. The number of aliphatic hydroxyl groups excluding tert-OH is 1. The zero-order valence-electron chi connectivity index (χ0n) is 26.2. The monoisotopic (exact) mass is 588 g/mol. The third kappa shape index (κ3) is 14.1. The van der Waals surface area contributed by atoms with Crippen molar-refractivity contribution >= 4 is 5.97 Å². The fraction of sp³-hybridized carbons (Fsp3) is 0.500. The standard InChI is InChI=1S/C38H52O5/c1-2-3-4-5-11-14-29-41-36-24-20-33(21-25-36)34-22-26-37(27-23-34)43-31-32-16-18-35(19-17-32)38(40)42-30-15-12-9-7-6-8-10-13-28-39/h16-27,39H,2-15,28-31H2,1H3. The molecule has 234 valence electrons. The Kier molecular flexibility index (Phi) is 17.0. The molecule has 0 aliphatic heterocycles. The summed E-state index contributed by atoms with van der Waals surface area (Å²) in [5, 5.41) is 8.80. The van der Waals surface area contributed by atoms with Gasteiger partial charge in [0.15, 0.2) is 0 Å². The number of hydrogen-bond acceptors (Lipinski definition) is 5. The molecule has 0 aliphatic rings. The second-order valence-corrected chi connectivity index (χ2v) is 11.3. The molecule has 0 spiro atoms. The summed E-state index contributed by atoms with van der Waals surface area (Å²) in [6.45, 7) is 4.21. The van der Waals surface area contributed by atoms with Crippen molar-refractivity contribution in [3.05, 3.63) is 83.9 Å². The second kappa shape index (κ2) is 21.4. The molecule has 1 N–H and O–H groups in total. The van der Waals surface area contributed by atoms with Gasteiger partial charge in [-0.1, -0.05) is 114 Å². The Hall–Kier alpha value is -3.31. The number of hydrogen-bond donors (Lipinski definition) is 1. The van der Waals surface area contributed by atoms with Gasteiger partial charge >= 0.3 is 5.97 Å². The van der Waals surface area contributed by atoms with Crippen LogP contribution >= 0.6 is 0 Å². The molecule has 0 heterocycles. The summed E-state index contributed by atoms with van der Waals surface area (Å²) in [7, 11) is 0. The average molecular weight is 589 g/mol. The molecule has 3 aromatic rings. The van der Waals surface area contributed by atoms with Crippen LogP contribution in [0.25, 0.3) is 11.1 Å². The van der Waals surface area contributed by atoms with Crippen molar-refractivity contribution in [2.75, 3.05) is 19.8 Å². The molecule has 0 aliphatic carbocycles. The number of carbonyl (C=O) groups excluding carboxylic acids is 1. The molecule has 5 heteroatoms. The maximum absolute atomic E-state index is 12.4. The zero-order valence-corrected chi connectivity index (χ0v) is 26.2. The number of carbonyl (C=O) groups is 1. The first-order valence-corrected chi connectivity index (χ1v) is 16.5. The quantitative estimate of drug-likeness (QED) is 0.0882. The average Bonchev–Trinajstić information content (AvgIpc) is 3.05. The lowest BCUT2D eigenvalue weighted by Gasteiger charge is -2.10. The van der Waals surface area contributed by atoms with E-state index in [0.717, 1.165) is 73.3 Å². The van der Waals surface area contributed by atoms with E-state index in [1.54, 1.807) is 12.1 Å². The Morgan fingerprint density at radius 2 is 1.05 bits per heavy atom. The summed E-state index contributed by atoms with van der Waals surface area (Å²) in [4.78, 5) is 12.4. The molecule has 43 heavy (non-hydrogen) atoms. The fourth-order valence-electron chi connectivity index (χ4n) is 4.99. The third-order valence-corrected chi connectivity index (χ3v) is 7.69. The first-order chi connectivity index (χ1) is 21.2. The first-order valence-electron chi connectivity index (χ1n) is 16.5. The number of aliphatic hydroxyl groups is 1. The van der Waals surface area contributed by atoms with Crippen molar-refractivity contribution in [2.24, 2.45) is 0 Å². The van der Waals surface area contributed by atoms with Crippen LogP contribution < -0.4 is 9.47 Å². The number of unbranched alkanes of at least 4 members (excludes halogenated alkanes) is 12. The van der Waals surface area contributed by atoms with Crippen molar-refractivity contribution in [2.45, 2.75) is 103 Å². The Bertz CT molecular complexity index is 1120. The highest BCUT2D eigenvalue weighted by molar-refractivity contribution is 5.89. The first kappa shape index (κ1) is 34.2. The van der Waals surface area contributed by atoms with E-state index < -0.39 is 0 Å². The van der Waals surface area contributed by atoms with Crippen molar-refractivity contribution in [3.8, 4) is 22.6 Å². The number of esters is 1. The summed E-state index contributed by atoms with van der Waals surface area (Å²) in [6, 6.07) is 23.8. The highest BCUT2D eigenvalue weighted by Gasteiger charge is 2.07. The largest absolute Gasteiger partial charge is 0.494 e. The molecule has 5 nitrogen and oxygen atoms in total. The Morgan fingerprint density at radius 1 is 0.558 bits per heavy atom. The van der Waals surface area contributed by atoms with Gasteiger partial charge in [-0.15, -0.1) is 0 Å². The van der Waals surface area contributed by atoms with E-state index in [-0.39, 0.29) is 5.97 Å². The summed E-state index contributed by atoms with van der Waals surface area (Å²) in [5.41, 5.74) is 3.84. The van der Waals surface area contributed by atoms with E-state index in [1.165, 1.54) is 51.4 Å². The SMILES string of the molecule is CCCCCCCCOc1ccc(-c2ccc(OCc3ccc(C(=O)OCCCCCCCCCCO)cc3)cc2)cc1. The van der Waals surface area contributed by atoms with Gasteiger partial charge in [0.05, 0.1) is 18.8 Å². The van der Waals surface area contributed by atoms with Crippen LogP contribution in [0.4, 0.5) is 0 Å². The van der Waals surface area contributed by atoms with Gasteiger partial charge in [-0.25, -0.2) is 4.79 Å². The van der Waals surface area contributed by atoms with Crippen molar-refractivity contribution in [3.63, 3.8) is 0 Å². The Labute approximate surface area is 259 Å². The van der Waals surface area contributed by atoms with Crippen LogP contribution in [0.1, 0.15) is 113 Å². The smallest absolute Gasteiger partial charge is 0.338 e. The molecule has 3 rings (SSSR count). The van der Waals surface area contributed by atoms with Crippen molar-refractivity contribution in [1.82, 2.24) is 0 Å². The highest BCUT2D eigenvalue weighted by atomic mass is 16.5. The molecule has 0 saturated carbocycles. The van der Waals surface area contributed by atoms with Gasteiger partial charge in [0.25, 0.3) is 0 Å².